The van der Waals surface area contributed by atoms with E-state index in [-0.39, 0.29) is 0 Å². The summed E-state index contributed by atoms with van der Waals surface area (Å²) >= 11 is 0. The number of pyridine rings is 1. The van der Waals surface area contributed by atoms with Crippen LogP contribution < -0.4 is 10.6 Å². The van der Waals surface area contributed by atoms with E-state index >= 15 is 0 Å². The van der Waals surface area contributed by atoms with Gasteiger partial charge in [-0.2, -0.15) is 4.98 Å². The van der Waals surface area contributed by atoms with Crippen molar-refractivity contribution in [3.05, 3.63) is 48.4 Å². The van der Waals surface area contributed by atoms with Crippen molar-refractivity contribution in [1.29, 1.82) is 0 Å². The van der Waals surface area contributed by atoms with Gasteiger partial charge in [0.1, 0.15) is 11.4 Å². The average molecular weight is 351 g/mol. The Labute approximate surface area is 151 Å². The second-order valence-corrected chi connectivity index (χ2v) is 5.67. The van der Waals surface area contributed by atoms with E-state index in [1.54, 1.807) is 13.1 Å². The Morgan fingerprint density at radius 3 is 2.85 bits per heavy atom. The Balaban J connectivity index is 1.87. The van der Waals surface area contributed by atoms with Gasteiger partial charge in [0.15, 0.2) is 0 Å². The molecule has 0 saturated heterocycles. The van der Waals surface area contributed by atoms with Crippen molar-refractivity contribution in [3.8, 4) is 0 Å². The number of hydrogen-bond donors (Lipinski definition) is 2. The molecular formula is C19H21N5O2. The lowest BCUT2D eigenvalue weighted by atomic mass is 10.1. The van der Waals surface area contributed by atoms with E-state index < -0.39 is 5.97 Å². The number of esters is 1. The summed E-state index contributed by atoms with van der Waals surface area (Å²) in [5.41, 5.74) is 1.18. The molecule has 0 atom stereocenters. The van der Waals surface area contributed by atoms with E-state index in [0.29, 0.717) is 30.5 Å². The molecule has 2 N–H and O–H groups in total. The molecule has 134 valence electrons. The third-order valence-corrected chi connectivity index (χ3v) is 3.72. The van der Waals surface area contributed by atoms with Crippen LogP contribution in [-0.2, 0) is 4.74 Å². The van der Waals surface area contributed by atoms with E-state index in [1.165, 1.54) is 6.20 Å². The molecule has 0 aliphatic heterocycles. The predicted molar refractivity (Wildman–Crippen MR) is 102 cm³/mol. The van der Waals surface area contributed by atoms with Crippen molar-refractivity contribution >= 4 is 34.2 Å². The second-order valence-electron chi connectivity index (χ2n) is 5.67. The molecule has 0 saturated carbocycles. The van der Waals surface area contributed by atoms with E-state index in [4.69, 9.17) is 4.74 Å². The average Bonchev–Trinajstić information content (AvgIpc) is 2.66. The molecule has 7 nitrogen and oxygen atoms in total. The fourth-order valence-electron chi connectivity index (χ4n) is 2.47. The minimum absolute atomic E-state index is 0.304. The molecule has 0 unspecified atom stereocenters. The van der Waals surface area contributed by atoms with Crippen molar-refractivity contribution in [2.45, 2.75) is 20.3 Å². The number of ether oxygens (including phenoxy) is 1. The summed E-state index contributed by atoms with van der Waals surface area (Å²) in [6.45, 7) is 4.81. The third kappa shape index (κ3) is 4.05. The molecule has 26 heavy (non-hydrogen) atoms. The first-order chi connectivity index (χ1) is 12.7. The highest BCUT2D eigenvalue weighted by Gasteiger charge is 2.15. The van der Waals surface area contributed by atoms with Crippen LogP contribution in [0.5, 0.6) is 0 Å². The Bertz CT molecular complexity index is 913. The third-order valence-electron chi connectivity index (χ3n) is 3.72. The van der Waals surface area contributed by atoms with Gasteiger partial charge in [-0.05, 0) is 36.9 Å². The van der Waals surface area contributed by atoms with Crippen LogP contribution in [0.3, 0.4) is 0 Å². The molecule has 0 amide bonds. The summed E-state index contributed by atoms with van der Waals surface area (Å²) in [7, 11) is 0. The van der Waals surface area contributed by atoms with Gasteiger partial charge in [0, 0.05) is 36.2 Å². The molecule has 0 spiro atoms. The van der Waals surface area contributed by atoms with Crippen LogP contribution in [0.25, 0.3) is 10.8 Å². The molecule has 0 fully saturated rings. The summed E-state index contributed by atoms with van der Waals surface area (Å²) in [6, 6.07) is 7.86. The largest absolute Gasteiger partial charge is 0.462 e. The highest BCUT2D eigenvalue weighted by atomic mass is 16.5. The molecule has 2 heterocycles. The summed E-state index contributed by atoms with van der Waals surface area (Å²) in [4.78, 5) is 24.9. The van der Waals surface area contributed by atoms with Gasteiger partial charge in [-0.3, -0.25) is 4.98 Å². The van der Waals surface area contributed by atoms with Gasteiger partial charge in [0.25, 0.3) is 0 Å². The number of fused-ring (bicyclic) bond motifs is 1. The number of aromatic nitrogens is 3. The number of carbonyl (C=O) groups excluding carboxylic acids is 1. The van der Waals surface area contributed by atoms with E-state index in [9.17, 15) is 4.79 Å². The van der Waals surface area contributed by atoms with Gasteiger partial charge < -0.3 is 15.4 Å². The molecule has 0 bridgehead atoms. The number of carbonyl (C=O) groups is 1. The predicted octanol–water partition coefficient (Wildman–Crippen LogP) is 3.77. The van der Waals surface area contributed by atoms with Crippen LogP contribution in [0.15, 0.2) is 42.9 Å². The van der Waals surface area contributed by atoms with Crippen LogP contribution in [0.2, 0.25) is 0 Å². The zero-order chi connectivity index (χ0) is 18.4. The van der Waals surface area contributed by atoms with Gasteiger partial charge in [-0.15, -0.1) is 0 Å². The fraction of sp³-hybridized carbons (Fsp3) is 0.263. The number of hydrogen-bond acceptors (Lipinski definition) is 7. The maximum atomic E-state index is 12.1. The molecule has 0 radical (unpaired) electrons. The fourth-order valence-corrected chi connectivity index (χ4v) is 2.47. The Kier molecular flexibility index (Phi) is 5.58. The Morgan fingerprint density at radius 2 is 2.04 bits per heavy atom. The standard InChI is InChI=1S/C19H21N5O2/c1-3-8-21-17-16(18(25)26-4-2)12-22-19(24-17)23-15-6-5-14-11-20-9-7-13(14)10-15/h5-7,9-12H,3-4,8H2,1-2H3,(H2,21,22,23,24). The normalized spacial score (nSPS) is 10.5. The molecule has 0 aliphatic carbocycles. The molecule has 1 aromatic carbocycles. The highest BCUT2D eigenvalue weighted by Crippen LogP contribution is 2.22. The number of benzene rings is 1. The SMILES string of the molecule is CCCNc1nc(Nc2ccc3cnccc3c2)ncc1C(=O)OCC. The van der Waals surface area contributed by atoms with Crippen molar-refractivity contribution in [2.75, 3.05) is 23.8 Å². The minimum Gasteiger partial charge on any atom is -0.462 e. The van der Waals surface area contributed by atoms with Gasteiger partial charge in [0.2, 0.25) is 5.95 Å². The zero-order valence-corrected chi connectivity index (χ0v) is 14.8. The Morgan fingerprint density at radius 1 is 1.15 bits per heavy atom. The van der Waals surface area contributed by atoms with Crippen LogP contribution in [0.1, 0.15) is 30.6 Å². The molecule has 2 aromatic heterocycles. The lowest BCUT2D eigenvalue weighted by Crippen LogP contribution is -2.13. The molecule has 7 heteroatoms. The van der Waals surface area contributed by atoms with E-state index in [2.05, 4.69) is 25.6 Å². The van der Waals surface area contributed by atoms with Crippen LogP contribution in [-0.4, -0.2) is 34.1 Å². The van der Waals surface area contributed by atoms with E-state index in [0.717, 1.165) is 22.9 Å². The lowest BCUT2D eigenvalue weighted by molar-refractivity contribution is 0.0526. The van der Waals surface area contributed by atoms with Gasteiger partial charge in [-0.25, -0.2) is 9.78 Å². The molecule has 3 aromatic rings. The second kappa shape index (κ2) is 8.24. The van der Waals surface area contributed by atoms with Crippen LogP contribution in [0, 0.1) is 0 Å². The van der Waals surface area contributed by atoms with Crippen LogP contribution in [0.4, 0.5) is 17.5 Å². The summed E-state index contributed by atoms with van der Waals surface area (Å²) in [6.07, 6.45) is 5.96. The highest BCUT2D eigenvalue weighted by molar-refractivity contribution is 5.94. The number of nitrogens with one attached hydrogen (secondary N) is 2. The maximum absolute atomic E-state index is 12.1. The minimum atomic E-state index is -0.434. The van der Waals surface area contributed by atoms with Crippen LogP contribution >= 0.6 is 0 Å². The summed E-state index contributed by atoms with van der Waals surface area (Å²) in [5.74, 6) is 0.439. The van der Waals surface area contributed by atoms with Gasteiger partial charge in [-0.1, -0.05) is 13.0 Å². The molecular weight excluding hydrogens is 330 g/mol. The first-order valence-corrected chi connectivity index (χ1v) is 8.60. The first kappa shape index (κ1) is 17.6. The summed E-state index contributed by atoms with van der Waals surface area (Å²) < 4.78 is 5.07. The van der Waals surface area contributed by atoms with Crippen molar-refractivity contribution in [1.82, 2.24) is 15.0 Å². The molecule has 3 rings (SSSR count). The lowest BCUT2D eigenvalue weighted by Gasteiger charge is -2.12. The topological polar surface area (TPSA) is 89.0 Å². The zero-order valence-electron chi connectivity index (χ0n) is 14.8. The molecule has 0 aliphatic rings. The van der Waals surface area contributed by atoms with E-state index in [1.807, 2.05) is 37.4 Å². The maximum Gasteiger partial charge on any atom is 0.343 e. The first-order valence-electron chi connectivity index (χ1n) is 8.60. The number of nitrogens with zero attached hydrogens (tertiary/aromatic N) is 3. The summed E-state index contributed by atoms with van der Waals surface area (Å²) in [5, 5.41) is 8.46. The number of rotatable bonds is 7. The quantitative estimate of drug-likeness (QED) is 0.626. The van der Waals surface area contributed by atoms with Crippen molar-refractivity contribution in [2.24, 2.45) is 0 Å². The van der Waals surface area contributed by atoms with Gasteiger partial charge >= 0.3 is 5.97 Å². The smallest absolute Gasteiger partial charge is 0.343 e. The number of anilines is 3. The van der Waals surface area contributed by atoms with Gasteiger partial charge in [0.05, 0.1) is 6.61 Å². The monoisotopic (exact) mass is 351 g/mol. The Hall–Kier alpha value is -3.22. The van der Waals surface area contributed by atoms with Crippen molar-refractivity contribution < 1.29 is 9.53 Å². The van der Waals surface area contributed by atoms with Crippen molar-refractivity contribution in [3.63, 3.8) is 0 Å².